The molecule has 5 heteroatoms. The van der Waals surface area contributed by atoms with Gasteiger partial charge in [-0.3, -0.25) is 0 Å². The van der Waals surface area contributed by atoms with Crippen molar-refractivity contribution in [1.82, 2.24) is 19.9 Å². The summed E-state index contributed by atoms with van der Waals surface area (Å²) < 4.78 is 2.03. The Labute approximate surface area is 99.4 Å². The van der Waals surface area contributed by atoms with Gasteiger partial charge in [0.05, 0.1) is 18.2 Å². The van der Waals surface area contributed by atoms with E-state index in [1.54, 1.807) is 11.3 Å². The molecule has 16 heavy (non-hydrogen) atoms. The van der Waals surface area contributed by atoms with Gasteiger partial charge in [-0.15, -0.1) is 11.3 Å². The standard InChI is InChI=1S/C11H16N4S/c1-8(2)14-10(11-13-4-5-16-11)9-6-12-7-15(9)3/h4-8,10,14H,1-3H3. The number of imidazole rings is 1. The number of rotatable bonds is 4. The van der Waals surface area contributed by atoms with Gasteiger partial charge in [0, 0.05) is 24.7 Å². The molecule has 0 aliphatic heterocycles. The molecule has 2 rings (SSSR count). The van der Waals surface area contributed by atoms with Crippen LogP contribution in [0.1, 0.15) is 30.6 Å². The summed E-state index contributed by atoms with van der Waals surface area (Å²) in [6.07, 6.45) is 5.55. The van der Waals surface area contributed by atoms with Crippen molar-refractivity contribution in [2.24, 2.45) is 7.05 Å². The van der Waals surface area contributed by atoms with E-state index in [0.29, 0.717) is 6.04 Å². The molecule has 0 saturated heterocycles. The van der Waals surface area contributed by atoms with Gasteiger partial charge < -0.3 is 9.88 Å². The van der Waals surface area contributed by atoms with Crippen LogP contribution in [-0.2, 0) is 7.05 Å². The van der Waals surface area contributed by atoms with Gasteiger partial charge in [0.1, 0.15) is 11.0 Å². The number of nitrogens with zero attached hydrogens (tertiary/aromatic N) is 3. The van der Waals surface area contributed by atoms with Gasteiger partial charge in [0.2, 0.25) is 0 Å². The third-order valence-electron chi connectivity index (χ3n) is 2.35. The summed E-state index contributed by atoms with van der Waals surface area (Å²) in [5.74, 6) is 0. The summed E-state index contributed by atoms with van der Waals surface area (Å²) in [7, 11) is 2.00. The Hall–Kier alpha value is -1.20. The molecular formula is C11H16N4S. The zero-order chi connectivity index (χ0) is 11.5. The van der Waals surface area contributed by atoms with Crippen LogP contribution in [0.25, 0.3) is 0 Å². The maximum Gasteiger partial charge on any atom is 0.116 e. The van der Waals surface area contributed by atoms with Crippen LogP contribution >= 0.6 is 11.3 Å². The van der Waals surface area contributed by atoms with E-state index in [4.69, 9.17) is 0 Å². The highest BCUT2D eigenvalue weighted by molar-refractivity contribution is 7.09. The summed E-state index contributed by atoms with van der Waals surface area (Å²) in [6.45, 7) is 4.27. The maximum absolute atomic E-state index is 4.38. The molecular weight excluding hydrogens is 220 g/mol. The summed E-state index contributed by atoms with van der Waals surface area (Å²) in [5, 5.41) is 6.59. The average molecular weight is 236 g/mol. The maximum atomic E-state index is 4.38. The van der Waals surface area contributed by atoms with Crippen molar-refractivity contribution in [3.8, 4) is 0 Å². The molecule has 0 saturated carbocycles. The first-order valence-corrected chi connectivity index (χ1v) is 6.18. The lowest BCUT2D eigenvalue weighted by Crippen LogP contribution is -2.30. The number of aromatic nitrogens is 3. The van der Waals surface area contributed by atoms with Gasteiger partial charge in [-0.05, 0) is 13.8 Å². The predicted octanol–water partition coefficient (Wildman–Crippen LogP) is 1.96. The predicted molar refractivity (Wildman–Crippen MR) is 65.4 cm³/mol. The fraction of sp³-hybridized carbons (Fsp3) is 0.455. The molecule has 0 amide bonds. The van der Waals surface area contributed by atoms with Crippen molar-refractivity contribution in [2.45, 2.75) is 25.9 Å². The molecule has 1 unspecified atom stereocenters. The van der Waals surface area contributed by atoms with Crippen LogP contribution in [0.2, 0.25) is 0 Å². The normalized spacial score (nSPS) is 13.2. The molecule has 0 fully saturated rings. The van der Waals surface area contributed by atoms with E-state index in [-0.39, 0.29) is 6.04 Å². The second-order valence-corrected chi connectivity index (χ2v) is 4.98. The summed E-state index contributed by atoms with van der Waals surface area (Å²) >= 11 is 1.67. The molecule has 1 N–H and O–H groups in total. The van der Waals surface area contributed by atoms with Gasteiger partial charge in [0.25, 0.3) is 0 Å². The van der Waals surface area contributed by atoms with Gasteiger partial charge >= 0.3 is 0 Å². The first-order chi connectivity index (χ1) is 7.68. The topological polar surface area (TPSA) is 42.7 Å². The molecule has 0 aliphatic rings. The summed E-state index contributed by atoms with van der Waals surface area (Å²) in [6, 6.07) is 0.538. The Bertz CT molecular complexity index is 433. The highest BCUT2D eigenvalue weighted by Crippen LogP contribution is 2.23. The van der Waals surface area contributed by atoms with Crippen molar-refractivity contribution in [3.63, 3.8) is 0 Å². The Morgan fingerprint density at radius 1 is 1.44 bits per heavy atom. The number of hydrogen-bond acceptors (Lipinski definition) is 4. The SMILES string of the molecule is CC(C)NC(c1nccs1)c1cncn1C. The molecule has 2 aromatic rings. The average Bonchev–Trinajstić information content (AvgIpc) is 2.84. The van der Waals surface area contributed by atoms with E-state index in [1.807, 2.05) is 35.7 Å². The zero-order valence-electron chi connectivity index (χ0n) is 9.71. The Morgan fingerprint density at radius 3 is 2.75 bits per heavy atom. The lowest BCUT2D eigenvalue weighted by atomic mass is 10.2. The molecule has 0 aromatic carbocycles. The minimum absolute atomic E-state index is 0.132. The van der Waals surface area contributed by atoms with Crippen LogP contribution < -0.4 is 5.32 Å². The molecule has 2 aromatic heterocycles. The van der Waals surface area contributed by atoms with Crippen LogP contribution in [0.15, 0.2) is 24.1 Å². The second kappa shape index (κ2) is 4.76. The van der Waals surface area contributed by atoms with E-state index in [2.05, 4.69) is 29.1 Å². The lowest BCUT2D eigenvalue weighted by molar-refractivity contribution is 0.508. The summed E-state index contributed by atoms with van der Waals surface area (Å²) in [5.41, 5.74) is 1.14. The van der Waals surface area contributed by atoms with E-state index in [0.717, 1.165) is 10.7 Å². The van der Waals surface area contributed by atoms with E-state index in [1.165, 1.54) is 0 Å². The highest BCUT2D eigenvalue weighted by atomic mass is 32.1. The first kappa shape index (κ1) is 11.3. The third kappa shape index (κ3) is 2.31. The van der Waals surface area contributed by atoms with E-state index >= 15 is 0 Å². The first-order valence-electron chi connectivity index (χ1n) is 5.30. The molecule has 2 heterocycles. The Kier molecular flexibility index (Phi) is 3.36. The van der Waals surface area contributed by atoms with E-state index < -0.39 is 0 Å². The molecule has 1 atom stereocenters. The monoisotopic (exact) mass is 236 g/mol. The van der Waals surface area contributed by atoms with Crippen molar-refractivity contribution in [2.75, 3.05) is 0 Å². The zero-order valence-corrected chi connectivity index (χ0v) is 10.5. The summed E-state index contributed by atoms with van der Waals surface area (Å²) in [4.78, 5) is 8.54. The van der Waals surface area contributed by atoms with Gasteiger partial charge in [-0.2, -0.15) is 0 Å². The minimum Gasteiger partial charge on any atom is -0.336 e. The van der Waals surface area contributed by atoms with Crippen LogP contribution in [0.5, 0.6) is 0 Å². The third-order valence-corrected chi connectivity index (χ3v) is 3.19. The highest BCUT2D eigenvalue weighted by Gasteiger charge is 2.19. The van der Waals surface area contributed by atoms with Crippen molar-refractivity contribution in [1.29, 1.82) is 0 Å². The van der Waals surface area contributed by atoms with Gasteiger partial charge in [-0.1, -0.05) is 0 Å². The molecule has 0 aliphatic carbocycles. The van der Waals surface area contributed by atoms with Crippen LogP contribution in [0.4, 0.5) is 0 Å². The van der Waals surface area contributed by atoms with Crippen LogP contribution in [0.3, 0.4) is 0 Å². The van der Waals surface area contributed by atoms with Crippen LogP contribution in [0, 0.1) is 0 Å². The number of hydrogen-bond donors (Lipinski definition) is 1. The quantitative estimate of drug-likeness (QED) is 0.882. The smallest absolute Gasteiger partial charge is 0.116 e. The molecule has 4 nitrogen and oxygen atoms in total. The van der Waals surface area contributed by atoms with Crippen LogP contribution in [-0.4, -0.2) is 20.6 Å². The Balaban J connectivity index is 2.32. The largest absolute Gasteiger partial charge is 0.336 e. The minimum atomic E-state index is 0.132. The van der Waals surface area contributed by atoms with Crippen molar-refractivity contribution < 1.29 is 0 Å². The van der Waals surface area contributed by atoms with Gasteiger partial charge in [-0.25, -0.2) is 9.97 Å². The molecule has 0 radical (unpaired) electrons. The molecule has 0 spiro atoms. The van der Waals surface area contributed by atoms with Crippen molar-refractivity contribution in [3.05, 3.63) is 34.8 Å². The lowest BCUT2D eigenvalue weighted by Gasteiger charge is -2.19. The van der Waals surface area contributed by atoms with E-state index in [9.17, 15) is 0 Å². The number of nitrogens with one attached hydrogen (secondary N) is 1. The fourth-order valence-electron chi connectivity index (χ4n) is 1.64. The molecule has 0 bridgehead atoms. The Morgan fingerprint density at radius 2 is 2.25 bits per heavy atom. The fourth-order valence-corrected chi connectivity index (χ4v) is 2.35. The number of aryl methyl sites for hydroxylation is 1. The molecule has 86 valence electrons. The second-order valence-electron chi connectivity index (χ2n) is 4.05. The number of thiazole rings is 1. The van der Waals surface area contributed by atoms with Crippen molar-refractivity contribution >= 4 is 11.3 Å². The van der Waals surface area contributed by atoms with Gasteiger partial charge in [0.15, 0.2) is 0 Å².